The van der Waals surface area contributed by atoms with Gasteiger partial charge < -0.3 is 19.0 Å². The Bertz CT molecular complexity index is 1170. The van der Waals surface area contributed by atoms with Crippen LogP contribution in [0.4, 0.5) is 4.39 Å². The Balaban J connectivity index is 1.41. The Kier molecular flexibility index (Phi) is 4.99. The van der Waals surface area contributed by atoms with Crippen LogP contribution in [0.5, 0.6) is 5.75 Å². The standard InChI is InChI=1S/C21H19FN4O3/c1-13-6-5-8-15-20(13)25-18(23-15)10-26(2)21(27)16-11-29-19(24-16)12-28-17-9-4-3-7-14(17)22/h3-9,11H,10,12H2,1-2H3,(H,23,25). The number of nitrogens with one attached hydrogen (secondary N) is 1. The summed E-state index contributed by atoms with van der Waals surface area (Å²) < 4.78 is 24.2. The maximum absolute atomic E-state index is 13.6. The Morgan fingerprint density at radius 2 is 2.03 bits per heavy atom. The molecule has 148 valence electrons. The number of rotatable bonds is 6. The summed E-state index contributed by atoms with van der Waals surface area (Å²) in [6.07, 6.45) is 1.27. The molecule has 0 spiro atoms. The van der Waals surface area contributed by atoms with Crippen molar-refractivity contribution in [2.45, 2.75) is 20.1 Å². The highest BCUT2D eigenvalue weighted by Crippen LogP contribution is 2.18. The quantitative estimate of drug-likeness (QED) is 0.537. The first-order valence-corrected chi connectivity index (χ1v) is 9.02. The van der Waals surface area contributed by atoms with E-state index in [-0.39, 0.29) is 29.8 Å². The lowest BCUT2D eigenvalue weighted by atomic mass is 10.2. The third kappa shape index (κ3) is 3.96. The molecule has 0 unspecified atom stereocenters. The minimum atomic E-state index is -0.476. The summed E-state index contributed by atoms with van der Waals surface area (Å²) in [6, 6.07) is 11.9. The molecule has 8 heteroatoms. The molecular formula is C21H19FN4O3. The lowest BCUT2D eigenvalue weighted by molar-refractivity contribution is 0.0776. The summed E-state index contributed by atoms with van der Waals surface area (Å²) >= 11 is 0. The molecule has 4 rings (SSSR count). The van der Waals surface area contributed by atoms with Crippen molar-refractivity contribution >= 4 is 16.9 Å². The first-order valence-electron chi connectivity index (χ1n) is 9.02. The van der Waals surface area contributed by atoms with E-state index in [9.17, 15) is 9.18 Å². The highest BCUT2D eigenvalue weighted by Gasteiger charge is 2.19. The number of amides is 1. The third-order valence-electron chi connectivity index (χ3n) is 4.46. The van der Waals surface area contributed by atoms with Crippen molar-refractivity contribution < 1.29 is 18.3 Å². The SMILES string of the molecule is Cc1cccc2[nH]c(CN(C)C(=O)c3coc(COc4ccccc4F)n3)nc12. The second-order valence-corrected chi connectivity index (χ2v) is 6.66. The van der Waals surface area contributed by atoms with Gasteiger partial charge in [0.25, 0.3) is 5.91 Å². The fourth-order valence-corrected chi connectivity index (χ4v) is 2.97. The molecule has 0 saturated heterocycles. The number of ether oxygens (including phenoxy) is 1. The molecule has 4 aromatic rings. The number of nitrogens with zero attached hydrogens (tertiary/aromatic N) is 3. The molecule has 0 fully saturated rings. The number of aromatic nitrogens is 3. The van der Waals surface area contributed by atoms with Gasteiger partial charge in [-0.05, 0) is 30.7 Å². The van der Waals surface area contributed by atoms with Crippen molar-refractivity contribution in [2.75, 3.05) is 7.05 Å². The first-order chi connectivity index (χ1) is 14.0. The van der Waals surface area contributed by atoms with Crippen LogP contribution in [-0.4, -0.2) is 32.8 Å². The van der Waals surface area contributed by atoms with Crippen LogP contribution in [-0.2, 0) is 13.2 Å². The van der Waals surface area contributed by atoms with Crippen LogP contribution in [0.2, 0.25) is 0 Å². The zero-order valence-electron chi connectivity index (χ0n) is 16.0. The number of oxazole rings is 1. The van der Waals surface area contributed by atoms with Crippen molar-refractivity contribution in [3.63, 3.8) is 0 Å². The number of hydrogen-bond acceptors (Lipinski definition) is 5. The summed E-state index contributed by atoms with van der Waals surface area (Å²) in [4.78, 5) is 26.0. The van der Waals surface area contributed by atoms with Crippen LogP contribution in [0.3, 0.4) is 0 Å². The van der Waals surface area contributed by atoms with Crippen molar-refractivity contribution in [3.8, 4) is 5.75 Å². The number of benzene rings is 2. The number of H-pyrrole nitrogens is 1. The lowest BCUT2D eigenvalue weighted by Gasteiger charge is -2.13. The number of hydrogen-bond donors (Lipinski definition) is 1. The minimum absolute atomic E-state index is 0.0826. The molecule has 29 heavy (non-hydrogen) atoms. The van der Waals surface area contributed by atoms with Crippen molar-refractivity contribution in [1.82, 2.24) is 19.9 Å². The maximum Gasteiger partial charge on any atom is 0.275 e. The predicted molar refractivity (Wildman–Crippen MR) is 104 cm³/mol. The highest BCUT2D eigenvalue weighted by molar-refractivity contribution is 5.91. The molecule has 1 N–H and O–H groups in total. The molecule has 1 amide bonds. The Labute approximate surface area is 166 Å². The third-order valence-corrected chi connectivity index (χ3v) is 4.46. The van der Waals surface area contributed by atoms with Gasteiger partial charge in [-0.3, -0.25) is 4.79 Å². The second-order valence-electron chi connectivity index (χ2n) is 6.66. The topological polar surface area (TPSA) is 84.2 Å². The lowest BCUT2D eigenvalue weighted by Crippen LogP contribution is -2.27. The van der Waals surface area contributed by atoms with Gasteiger partial charge in [0.1, 0.15) is 12.1 Å². The van der Waals surface area contributed by atoms with Crippen LogP contribution in [0.1, 0.15) is 27.8 Å². The minimum Gasteiger partial charge on any atom is -0.481 e. The molecule has 2 aromatic carbocycles. The van der Waals surface area contributed by atoms with Gasteiger partial charge >= 0.3 is 0 Å². The predicted octanol–water partition coefficient (Wildman–Crippen LogP) is 3.85. The fourth-order valence-electron chi connectivity index (χ4n) is 2.97. The molecule has 7 nitrogen and oxygen atoms in total. The van der Waals surface area contributed by atoms with E-state index in [0.29, 0.717) is 12.4 Å². The molecule has 0 bridgehead atoms. The van der Waals surface area contributed by atoms with Gasteiger partial charge in [0.05, 0.1) is 17.6 Å². The van der Waals surface area contributed by atoms with Gasteiger partial charge in [0, 0.05) is 7.05 Å². The van der Waals surface area contributed by atoms with Crippen LogP contribution < -0.4 is 4.74 Å². The first kappa shape index (κ1) is 18.7. The summed E-state index contributed by atoms with van der Waals surface area (Å²) in [7, 11) is 1.66. The number of halogens is 1. The summed E-state index contributed by atoms with van der Waals surface area (Å²) in [6.45, 7) is 2.20. The van der Waals surface area contributed by atoms with E-state index in [0.717, 1.165) is 16.6 Å². The zero-order chi connectivity index (χ0) is 20.4. The molecule has 0 atom stereocenters. The summed E-state index contributed by atoms with van der Waals surface area (Å²) in [5.41, 5.74) is 3.02. The van der Waals surface area contributed by atoms with E-state index >= 15 is 0 Å². The number of carbonyl (C=O) groups is 1. The van der Waals surface area contributed by atoms with Crippen LogP contribution in [0.25, 0.3) is 11.0 Å². The maximum atomic E-state index is 13.6. The molecule has 0 aliphatic rings. The second kappa shape index (κ2) is 7.75. The average molecular weight is 394 g/mol. The van der Waals surface area contributed by atoms with E-state index < -0.39 is 5.82 Å². The monoisotopic (exact) mass is 394 g/mol. The van der Waals surface area contributed by atoms with Crippen LogP contribution >= 0.6 is 0 Å². The number of aryl methyl sites for hydroxylation is 1. The zero-order valence-corrected chi connectivity index (χ0v) is 16.0. The number of para-hydroxylation sites is 2. The number of imidazole rings is 1. The van der Waals surface area contributed by atoms with Gasteiger partial charge in [0.2, 0.25) is 5.89 Å². The fraction of sp³-hybridized carbons (Fsp3) is 0.190. The summed E-state index contributed by atoms with van der Waals surface area (Å²) in [5, 5.41) is 0. The number of aromatic amines is 1. The largest absolute Gasteiger partial charge is 0.481 e. The average Bonchev–Trinajstić information content (AvgIpc) is 3.34. The Hall–Kier alpha value is -3.68. The summed E-state index contributed by atoms with van der Waals surface area (Å²) in [5.74, 6) is 0.163. The van der Waals surface area contributed by atoms with E-state index in [1.165, 1.54) is 23.3 Å². The van der Waals surface area contributed by atoms with E-state index in [1.807, 2.05) is 25.1 Å². The molecule has 2 aromatic heterocycles. The molecule has 0 aliphatic carbocycles. The number of carbonyl (C=O) groups excluding carboxylic acids is 1. The highest BCUT2D eigenvalue weighted by atomic mass is 19.1. The Morgan fingerprint density at radius 3 is 2.83 bits per heavy atom. The molecule has 2 heterocycles. The van der Waals surface area contributed by atoms with Crippen molar-refractivity contribution in [1.29, 1.82) is 0 Å². The van der Waals surface area contributed by atoms with Gasteiger partial charge in [0.15, 0.2) is 23.9 Å². The van der Waals surface area contributed by atoms with E-state index in [2.05, 4.69) is 15.0 Å². The molecule has 0 aliphatic heterocycles. The van der Waals surface area contributed by atoms with Crippen LogP contribution in [0, 0.1) is 12.7 Å². The normalized spacial score (nSPS) is 11.0. The molecule has 0 saturated carbocycles. The van der Waals surface area contributed by atoms with Gasteiger partial charge in [-0.2, -0.15) is 0 Å². The van der Waals surface area contributed by atoms with Gasteiger partial charge in [-0.25, -0.2) is 14.4 Å². The van der Waals surface area contributed by atoms with E-state index in [4.69, 9.17) is 9.15 Å². The van der Waals surface area contributed by atoms with Gasteiger partial charge in [-0.1, -0.05) is 24.3 Å². The van der Waals surface area contributed by atoms with E-state index in [1.54, 1.807) is 19.2 Å². The Morgan fingerprint density at radius 1 is 1.21 bits per heavy atom. The van der Waals surface area contributed by atoms with Crippen molar-refractivity contribution in [2.24, 2.45) is 0 Å². The number of fused-ring (bicyclic) bond motifs is 1. The van der Waals surface area contributed by atoms with Gasteiger partial charge in [-0.15, -0.1) is 0 Å². The smallest absolute Gasteiger partial charge is 0.275 e. The molecule has 0 radical (unpaired) electrons. The van der Waals surface area contributed by atoms with Crippen molar-refractivity contribution in [3.05, 3.63) is 77.5 Å². The molecular weight excluding hydrogens is 375 g/mol. The van der Waals surface area contributed by atoms with Crippen LogP contribution in [0.15, 0.2) is 53.1 Å².